The molecule has 0 bridgehead atoms. The maximum absolute atomic E-state index is 12.4. The Hall–Kier alpha value is -2.38. The van der Waals surface area contributed by atoms with E-state index in [2.05, 4.69) is 9.97 Å². The predicted octanol–water partition coefficient (Wildman–Crippen LogP) is 1.24. The third-order valence-corrected chi connectivity index (χ3v) is 4.00. The first kappa shape index (κ1) is 18.0. The topological polar surface area (TPSA) is 78.9 Å². The van der Waals surface area contributed by atoms with Gasteiger partial charge in [0.25, 0.3) is 5.91 Å². The standard InChI is InChI=1S/C16H25N5O3/c1-4-19(5-2)14(22)13-7-8-17-15(18-13)20-9-11-21(12-10-20)16(23)24-6-3/h7-8H,4-6,9-12H2,1-3H3. The monoisotopic (exact) mass is 335 g/mol. The van der Waals surface area contributed by atoms with E-state index in [1.165, 1.54) is 0 Å². The minimum atomic E-state index is -0.288. The van der Waals surface area contributed by atoms with E-state index in [0.29, 0.717) is 57.5 Å². The number of carbonyl (C=O) groups is 2. The Kier molecular flexibility index (Phi) is 6.34. The van der Waals surface area contributed by atoms with Gasteiger partial charge in [0.2, 0.25) is 5.95 Å². The quantitative estimate of drug-likeness (QED) is 0.805. The van der Waals surface area contributed by atoms with Gasteiger partial charge in [0, 0.05) is 45.5 Å². The lowest BCUT2D eigenvalue weighted by atomic mass is 10.3. The second-order valence-electron chi connectivity index (χ2n) is 5.39. The van der Waals surface area contributed by atoms with Gasteiger partial charge in [-0.15, -0.1) is 0 Å². The molecule has 8 heteroatoms. The third kappa shape index (κ3) is 4.12. The number of ether oxygens (including phenoxy) is 1. The first-order valence-electron chi connectivity index (χ1n) is 8.39. The molecule has 0 unspecified atom stereocenters. The molecule has 1 fully saturated rings. The molecule has 0 radical (unpaired) electrons. The maximum Gasteiger partial charge on any atom is 0.409 e. The van der Waals surface area contributed by atoms with Crippen LogP contribution in [0.3, 0.4) is 0 Å². The van der Waals surface area contributed by atoms with Gasteiger partial charge >= 0.3 is 6.09 Å². The number of anilines is 1. The molecule has 1 aliphatic rings. The lowest BCUT2D eigenvalue weighted by molar-refractivity contribution is 0.0767. The van der Waals surface area contributed by atoms with Crippen LogP contribution in [0.4, 0.5) is 10.7 Å². The van der Waals surface area contributed by atoms with Crippen molar-refractivity contribution in [1.82, 2.24) is 19.8 Å². The molecule has 2 rings (SSSR count). The van der Waals surface area contributed by atoms with Gasteiger partial charge in [-0.25, -0.2) is 14.8 Å². The molecule has 1 saturated heterocycles. The van der Waals surface area contributed by atoms with Crippen molar-refractivity contribution in [2.75, 3.05) is 50.8 Å². The van der Waals surface area contributed by atoms with Gasteiger partial charge in [-0.2, -0.15) is 0 Å². The molecule has 2 heterocycles. The zero-order chi connectivity index (χ0) is 17.5. The predicted molar refractivity (Wildman–Crippen MR) is 90.1 cm³/mol. The summed E-state index contributed by atoms with van der Waals surface area (Å²) in [6.07, 6.45) is 1.32. The first-order valence-corrected chi connectivity index (χ1v) is 8.39. The fraction of sp³-hybridized carbons (Fsp3) is 0.625. The number of aromatic nitrogens is 2. The molecule has 0 aliphatic carbocycles. The van der Waals surface area contributed by atoms with Crippen molar-refractivity contribution in [3.8, 4) is 0 Å². The molecule has 0 atom stereocenters. The number of amides is 2. The summed E-state index contributed by atoms with van der Waals surface area (Å²) in [6.45, 7) is 9.67. The van der Waals surface area contributed by atoms with E-state index < -0.39 is 0 Å². The SMILES string of the molecule is CCOC(=O)N1CCN(c2nccc(C(=O)N(CC)CC)n2)CC1. The number of hydrogen-bond acceptors (Lipinski definition) is 6. The maximum atomic E-state index is 12.4. The van der Waals surface area contributed by atoms with Crippen LogP contribution in [0.5, 0.6) is 0 Å². The minimum absolute atomic E-state index is 0.0891. The van der Waals surface area contributed by atoms with E-state index in [4.69, 9.17) is 4.74 Å². The van der Waals surface area contributed by atoms with E-state index in [1.807, 2.05) is 18.7 Å². The highest BCUT2D eigenvalue weighted by Gasteiger charge is 2.24. The Morgan fingerprint density at radius 1 is 1.17 bits per heavy atom. The zero-order valence-electron chi connectivity index (χ0n) is 14.6. The van der Waals surface area contributed by atoms with Gasteiger partial charge in [0.05, 0.1) is 6.61 Å². The van der Waals surface area contributed by atoms with Gasteiger partial charge in [-0.05, 0) is 26.8 Å². The molecule has 24 heavy (non-hydrogen) atoms. The van der Waals surface area contributed by atoms with E-state index in [0.717, 1.165) is 0 Å². The fourth-order valence-corrected chi connectivity index (χ4v) is 2.60. The van der Waals surface area contributed by atoms with Crippen LogP contribution in [-0.2, 0) is 4.74 Å². The van der Waals surface area contributed by atoms with Gasteiger partial charge in [0.1, 0.15) is 5.69 Å². The molecular weight excluding hydrogens is 310 g/mol. The van der Waals surface area contributed by atoms with Crippen molar-refractivity contribution >= 4 is 17.9 Å². The van der Waals surface area contributed by atoms with Crippen LogP contribution in [0.15, 0.2) is 12.3 Å². The van der Waals surface area contributed by atoms with Gasteiger partial charge in [0.15, 0.2) is 0 Å². The van der Waals surface area contributed by atoms with Crippen LogP contribution in [0, 0.1) is 0 Å². The van der Waals surface area contributed by atoms with Crippen LogP contribution < -0.4 is 4.90 Å². The highest BCUT2D eigenvalue weighted by molar-refractivity contribution is 5.92. The Morgan fingerprint density at radius 2 is 1.83 bits per heavy atom. The van der Waals surface area contributed by atoms with Crippen molar-refractivity contribution < 1.29 is 14.3 Å². The summed E-state index contributed by atoms with van der Waals surface area (Å²) < 4.78 is 5.01. The van der Waals surface area contributed by atoms with Crippen LogP contribution >= 0.6 is 0 Å². The molecule has 1 aromatic heterocycles. The number of carbonyl (C=O) groups excluding carboxylic acids is 2. The molecule has 132 valence electrons. The molecular formula is C16H25N5O3. The lowest BCUT2D eigenvalue weighted by Gasteiger charge is -2.34. The van der Waals surface area contributed by atoms with Gasteiger partial charge in [-0.1, -0.05) is 0 Å². The van der Waals surface area contributed by atoms with E-state index in [1.54, 1.807) is 29.0 Å². The fourth-order valence-electron chi connectivity index (χ4n) is 2.60. The highest BCUT2D eigenvalue weighted by Crippen LogP contribution is 2.13. The number of nitrogens with zero attached hydrogens (tertiary/aromatic N) is 5. The largest absolute Gasteiger partial charge is 0.450 e. The van der Waals surface area contributed by atoms with Crippen LogP contribution in [0.2, 0.25) is 0 Å². The molecule has 0 spiro atoms. The molecule has 1 aliphatic heterocycles. The Labute approximate surface area is 142 Å². The van der Waals surface area contributed by atoms with Crippen molar-refractivity contribution in [3.05, 3.63) is 18.0 Å². The average molecular weight is 335 g/mol. The molecule has 0 saturated carbocycles. The summed E-state index contributed by atoms with van der Waals surface area (Å²) >= 11 is 0. The third-order valence-electron chi connectivity index (χ3n) is 4.00. The van der Waals surface area contributed by atoms with E-state index in [9.17, 15) is 9.59 Å². The smallest absolute Gasteiger partial charge is 0.409 e. The van der Waals surface area contributed by atoms with Crippen molar-refractivity contribution in [1.29, 1.82) is 0 Å². The van der Waals surface area contributed by atoms with E-state index in [-0.39, 0.29) is 12.0 Å². The highest BCUT2D eigenvalue weighted by atomic mass is 16.6. The normalized spacial score (nSPS) is 14.5. The van der Waals surface area contributed by atoms with Crippen molar-refractivity contribution in [2.45, 2.75) is 20.8 Å². The van der Waals surface area contributed by atoms with Crippen LogP contribution in [0.25, 0.3) is 0 Å². The first-order chi connectivity index (χ1) is 11.6. The molecule has 2 amide bonds. The molecule has 0 aromatic carbocycles. The summed E-state index contributed by atoms with van der Waals surface area (Å²) in [7, 11) is 0. The summed E-state index contributed by atoms with van der Waals surface area (Å²) in [5.41, 5.74) is 0.400. The second-order valence-corrected chi connectivity index (χ2v) is 5.39. The Balaban J connectivity index is 2.02. The number of rotatable bonds is 5. The summed E-state index contributed by atoms with van der Waals surface area (Å²) in [6, 6.07) is 1.64. The Bertz CT molecular complexity index is 569. The zero-order valence-corrected chi connectivity index (χ0v) is 14.6. The van der Waals surface area contributed by atoms with Crippen LogP contribution in [-0.4, -0.2) is 77.6 Å². The van der Waals surface area contributed by atoms with E-state index >= 15 is 0 Å². The molecule has 8 nitrogen and oxygen atoms in total. The second kappa shape index (κ2) is 8.47. The minimum Gasteiger partial charge on any atom is -0.450 e. The molecule has 0 N–H and O–H groups in total. The summed E-state index contributed by atoms with van der Waals surface area (Å²) in [5, 5.41) is 0. The van der Waals surface area contributed by atoms with Gasteiger partial charge in [-0.3, -0.25) is 4.79 Å². The lowest BCUT2D eigenvalue weighted by Crippen LogP contribution is -2.49. The van der Waals surface area contributed by atoms with Crippen molar-refractivity contribution in [3.63, 3.8) is 0 Å². The number of hydrogen-bond donors (Lipinski definition) is 0. The Morgan fingerprint density at radius 3 is 2.42 bits per heavy atom. The molecule has 1 aromatic rings. The summed E-state index contributed by atoms with van der Waals surface area (Å²) in [5.74, 6) is 0.435. The number of piperazine rings is 1. The average Bonchev–Trinajstić information content (AvgIpc) is 2.63. The van der Waals surface area contributed by atoms with Crippen molar-refractivity contribution in [2.24, 2.45) is 0 Å². The van der Waals surface area contributed by atoms with Gasteiger partial charge < -0.3 is 19.4 Å². The summed E-state index contributed by atoms with van der Waals surface area (Å²) in [4.78, 5) is 38.2. The van der Waals surface area contributed by atoms with Crippen LogP contribution in [0.1, 0.15) is 31.3 Å².